The number of hydrogen-bond acceptors (Lipinski definition) is 5. The lowest BCUT2D eigenvalue weighted by atomic mass is 9.80. The van der Waals surface area contributed by atoms with Gasteiger partial charge in [-0.3, -0.25) is 14.9 Å². The molecule has 1 heterocycles. The number of amides is 1. The highest BCUT2D eigenvalue weighted by atomic mass is 35.5. The maximum absolute atomic E-state index is 11.9. The lowest BCUT2D eigenvalue weighted by Gasteiger charge is -2.36. The third-order valence-corrected chi connectivity index (χ3v) is 3.44. The second-order valence-electron chi connectivity index (χ2n) is 4.55. The maximum atomic E-state index is 11.9. The van der Waals surface area contributed by atoms with Crippen LogP contribution in [0.2, 0.25) is 5.15 Å². The van der Waals surface area contributed by atoms with Crippen molar-refractivity contribution in [2.24, 2.45) is 0 Å². The van der Waals surface area contributed by atoms with Gasteiger partial charge in [0.25, 0.3) is 11.6 Å². The summed E-state index contributed by atoms with van der Waals surface area (Å²) in [5.41, 5.74) is -1.24. The molecule has 0 bridgehead atoms. The van der Waals surface area contributed by atoms with Crippen LogP contribution in [0.15, 0.2) is 12.3 Å². The van der Waals surface area contributed by atoms with Crippen LogP contribution < -0.4 is 5.32 Å². The van der Waals surface area contributed by atoms with Crippen LogP contribution in [0.1, 0.15) is 29.6 Å². The van der Waals surface area contributed by atoms with Crippen molar-refractivity contribution in [3.63, 3.8) is 0 Å². The number of nitrogens with zero attached hydrogens (tertiary/aromatic N) is 2. The molecule has 0 saturated heterocycles. The highest BCUT2D eigenvalue weighted by molar-refractivity contribution is 6.32. The number of carbonyl (C=O) groups is 1. The van der Waals surface area contributed by atoms with Crippen LogP contribution in [0, 0.1) is 10.1 Å². The summed E-state index contributed by atoms with van der Waals surface area (Å²) in [6.45, 7) is 0.102. The van der Waals surface area contributed by atoms with Crippen LogP contribution in [0.25, 0.3) is 0 Å². The van der Waals surface area contributed by atoms with Crippen LogP contribution in [0.5, 0.6) is 0 Å². The fraction of sp³-hybridized carbons (Fsp3) is 0.455. The van der Waals surface area contributed by atoms with Gasteiger partial charge in [-0.2, -0.15) is 0 Å². The molecule has 1 saturated carbocycles. The minimum atomic E-state index is -0.865. The first-order chi connectivity index (χ1) is 8.91. The molecule has 7 nitrogen and oxygen atoms in total. The Kier molecular flexibility index (Phi) is 3.68. The summed E-state index contributed by atoms with van der Waals surface area (Å²) in [7, 11) is 0. The Morgan fingerprint density at radius 2 is 2.32 bits per heavy atom. The van der Waals surface area contributed by atoms with Gasteiger partial charge in [-0.1, -0.05) is 11.6 Å². The normalized spacial score (nSPS) is 16.5. The van der Waals surface area contributed by atoms with Crippen LogP contribution in [-0.4, -0.2) is 33.1 Å². The van der Waals surface area contributed by atoms with E-state index in [-0.39, 0.29) is 22.9 Å². The number of carbonyl (C=O) groups excluding carboxylic acids is 1. The molecular weight excluding hydrogens is 274 g/mol. The molecule has 0 unspecified atom stereocenters. The van der Waals surface area contributed by atoms with Gasteiger partial charge in [0.15, 0.2) is 0 Å². The number of hydrogen-bond donors (Lipinski definition) is 2. The van der Waals surface area contributed by atoms with E-state index in [1.54, 1.807) is 0 Å². The summed E-state index contributed by atoms with van der Waals surface area (Å²) in [6, 6.07) is 1.06. The van der Waals surface area contributed by atoms with E-state index in [1.165, 1.54) is 0 Å². The lowest BCUT2D eigenvalue weighted by Crippen LogP contribution is -2.47. The number of nitrogens with one attached hydrogen (secondary N) is 1. The number of aliphatic hydroxyl groups is 1. The van der Waals surface area contributed by atoms with Crippen molar-refractivity contribution in [2.45, 2.75) is 24.9 Å². The van der Waals surface area contributed by atoms with E-state index in [0.717, 1.165) is 18.7 Å². The molecule has 1 aromatic heterocycles. The first kappa shape index (κ1) is 13.7. The molecule has 1 aliphatic rings. The fourth-order valence-corrected chi connectivity index (χ4v) is 1.99. The summed E-state index contributed by atoms with van der Waals surface area (Å²) in [5, 5.41) is 22.9. The molecule has 0 atom stereocenters. The minimum absolute atomic E-state index is 0.0706. The molecule has 1 aromatic rings. The van der Waals surface area contributed by atoms with Gasteiger partial charge in [0.2, 0.25) is 0 Å². The van der Waals surface area contributed by atoms with Crippen LogP contribution >= 0.6 is 11.6 Å². The zero-order chi connectivity index (χ0) is 14.0. The Labute approximate surface area is 113 Å². The van der Waals surface area contributed by atoms with Gasteiger partial charge in [-0.25, -0.2) is 4.98 Å². The van der Waals surface area contributed by atoms with E-state index in [1.807, 2.05) is 0 Å². The number of rotatable bonds is 4. The predicted molar refractivity (Wildman–Crippen MR) is 67.0 cm³/mol. The molecule has 19 heavy (non-hydrogen) atoms. The monoisotopic (exact) mass is 285 g/mol. The average molecular weight is 286 g/mol. The Morgan fingerprint density at radius 1 is 1.63 bits per heavy atom. The number of halogens is 1. The number of pyridine rings is 1. The van der Waals surface area contributed by atoms with E-state index in [2.05, 4.69) is 10.3 Å². The molecular formula is C11H12ClN3O4. The Morgan fingerprint density at radius 3 is 2.84 bits per heavy atom. The van der Waals surface area contributed by atoms with Crippen molar-refractivity contribution in [1.82, 2.24) is 10.3 Å². The topological polar surface area (TPSA) is 105 Å². The maximum Gasteiger partial charge on any atom is 0.288 e. The van der Waals surface area contributed by atoms with Crippen LogP contribution in [0.4, 0.5) is 5.69 Å². The van der Waals surface area contributed by atoms with Gasteiger partial charge < -0.3 is 10.4 Å². The van der Waals surface area contributed by atoms with Gasteiger partial charge in [0.05, 0.1) is 16.1 Å². The highest BCUT2D eigenvalue weighted by Crippen LogP contribution is 2.30. The van der Waals surface area contributed by atoms with Gasteiger partial charge in [0, 0.05) is 12.6 Å². The summed E-state index contributed by atoms with van der Waals surface area (Å²) in [4.78, 5) is 25.4. The summed E-state index contributed by atoms with van der Waals surface area (Å²) in [6.07, 6.45) is 3.17. The largest absolute Gasteiger partial charge is 0.388 e. The second-order valence-corrected chi connectivity index (χ2v) is 4.91. The Hall–Kier alpha value is -1.73. The Balaban J connectivity index is 2.09. The van der Waals surface area contributed by atoms with Crippen LogP contribution in [-0.2, 0) is 0 Å². The smallest absolute Gasteiger partial charge is 0.288 e. The zero-order valence-corrected chi connectivity index (χ0v) is 10.7. The van der Waals surface area contributed by atoms with Gasteiger partial charge in [-0.05, 0) is 19.3 Å². The lowest BCUT2D eigenvalue weighted by molar-refractivity contribution is -0.385. The summed E-state index contributed by atoms with van der Waals surface area (Å²) >= 11 is 5.74. The quantitative estimate of drug-likeness (QED) is 0.492. The minimum Gasteiger partial charge on any atom is -0.388 e. The average Bonchev–Trinajstić information content (AvgIpc) is 2.34. The molecule has 8 heteroatoms. The van der Waals surface area contributed by atoms with Crippen molar-refractivity contribution >= 4 is 23.2 Å². The molecule has 1 fully saturated rings. The molecule has 0 aliphatic heterocycles. The number of nitro groups is 1. The molecule has 0 aromatic carbocycles. The van der Waals surface area contributed by atoms with Crippen molar-refractivity contribution < 1.29 is 14.8 Å². The van der Waals surface area contributed by atoms with Gasteiger partial charge in [0.1, 0.15) is 11.3 Å². The molecule has 0 spiro atoms. The standard InChI is InChI=1S/C11H12ClN3O4/c12-9-8(4-7(5-13-9)15(18)19)10(16)14-6-11(17)2-1-3-11/h4-5,17H,1-3,6H2,(H,14,16). The van der Waals surface area contributed by atoms with E-state index in [4.69, 9.17) is 11.6 Å². The summed E-state index contributed by atoms with van der Waals surface area (Å²) in [5.74, 6) is -0.582. The Bertz CT molecular complexity index is 531. The first-order valence-electron chi connectivity index (χ1n) is 5.72. The molecule has 2 rings (SSSR count). The van der Waals surface area contributed by atoms with E-state index >= 15 is 0 Å². The van der Waals surface area contributed by atoms with Crippen molar-refractivity contribution in [1.29, 1.82) is 0 Å². The molecule has 0 radical (unpaired) electrons. The predicted octanol–water partition coefficient (Wildman–Crippen LogP) is 1.29. The van der Waals surface area contributed by atoms with Crippen molar-refractivity contribution in [3.8, 4) is 0 Å². The van der Waals surface area contributed by atoms with Crippen molar-refractivity contribution in [2.75, 3.05) is 6.54 Å². The molecule has 1 aliphatic carbocycles. The zero-order valence-electron chi connectivity index (χ0n) is 9.93. The fourth-order valence-electron chi connectivity index (χ4n) is 1.80. The van der Waals surface area contributed by atoms with Gasteiger partial charge in [-0.15, -0.1) is 0 Å². The third-order valence-electron chi connectivity index (χ3n) is 3.14. The number of aromatic nitrogens is 1. The molecule has 1 amide bonds. The van der Waals surface area contributed by atoms with Crippen LogP contribution in [0.3, 0.4) is 0 Å². The molecule has 2 N–H and O–H groups in total. The summed E-state index contributed by atoms with van der Waals surface area (Å²) < 4.78 is 0. The van der Waals surface area contributed by atoms with Crippen molar-refractivity contribution in [3.05, 3.63) is 33.1 Å². The SMILES string of the molecule is O=C(NCC1(O)CCC1)c1cc([N+](=O)[O-])cnc1Cl. The first-order valence-corrected chi connectivity index (χ1v) is 6.10. The van der Waals surface area contributed by atoms with Gasteiger partial charge >= 0.3 is 0 Å². The van der Waals surface area contributed by atoms with E-state index < -0.39 is 16.4 Å². The van der Waals surface area contributed by atoms with E-state index in [9.17, 15) is 20.0 Å². The van der Waals surface area contributed by atoms with E-state index in [0.29, 0.717) is 12.8 Å². The highest BCUT2D eigenvalue weighted by Gasteiger charge is 2.34. The molecule has 102 valence electrons. The third kappa shape index (κ3) is 2.99. The second kappa shape index (κ2) is 5.10.